The molecule has 0 fully saturated rings. The molecule has 0 atom stereocenters. The Morgan fingerprint density at radius 3 is 1.10 bits per heavy atom. The van der Waals surface area contributed by atoms with Gasteiger partial charge < -0.3 is 9.47 Å². The number of hydrogen-bond acceptors (Lipinski definition) is 8. The van der Waals surface area contributed by atoms with Crippen molar-refractivity contribution < 1.29 is 35.9 Å². The Kier molecular flexibility index (Phi) is 9.80. The van der Waals surface area contributed by atoms with Gasteiger partial charge in [0.1, 0.15) is 11.5 Å². The van der Waals surface area contributed by atoms with Gasteiger partial charge in [0, 0.05) is 20.8 Å². The van der Waals surface area contributed by atoms with E-state index in [-0.39, 0.29) is 53.5 Å². The van der Waals surface area contributed by atoms with Crippen LogP contribution in [-0.4, -0.2) is 29.0 Å². The maximum Gasteiger partial charge on any atom is 0.434 e. The lowest BCUT2D eigenvalue weighted by Crippen LogP contribution is -2.40. The molecule has 0 aliphatic rings. The summed E-state index contributed by atoms with van der Waals surface area (Å²) in [5.74, 6) is 0.136. The van der Waals surface area contributed by atoms with Crippen molar-refractivity contribution in [3.63, 3.8) is 0 Å². The summed E-state index contributed by atoms with van der Waals surface area (Å²) >= 11 is 12.0. The van der Waals surface area contributed by atoms with Crippen molar-refractivity contribution in [1.29, 1.82) is 0 Å². The molecular formula is C36H24Cl2N2O8S2. The van der Waals surface area contributed by atoms with Gasteiger partial charge in [-0.1, -0.05) is 83.9 Å². The lowest BCUT2D eigenvalue weighted by atomic mass is 10.1. The lowest BCUT2D eigenvalue weighted by molar-refractivity contribution is 0.210. The second-order valence-electron chi connectivity index (χ2n) is 10.5. The number of fused-ring (bicyclic) bond motifs is 1. The molecule has 10 nitrogen and oxygen atoms in total. The van der Waals surface area contributed by atoms with Crippen LogP contribution in [0, 0.1) is 0 Å². The molecule has 0 aromatic heterocycles. The number of rotatable bonds is 8. The third-order valence-corrected chi connectivity index (χ3v) is 11.1. The maximum absolute atomic E-state index is 14.2. The van der Waals surface area contributed by atoms with E-state index in [0.29, 0.717) is 8.61 Å². The van der Waals surface area contributed by atoms with Gasteiger partial charge in [0.2, 0.25) is 0 Å². The van der Waals surface area contributed by atoms with E-state index in [1.54, 1.807) is 48.5 Å². The second-order valence-corrected chi connectivity index (χ2v) is 14.9. The first-order valence-electron chi connectivity index (χ1n) is 14.6. The number of anilines is 2. The molecule has 0 aliphatic heterocycles. The smallest absolute Gasteiger partial charge is 0.409 e. The number of benzene rings is 6. The fourth-order valence-corrected chi connectivity index (χ4v) is 7.90. The maximum atomic E-state index is 14.2. The molecule has 0 saturated carbocycles. The molecule has 14 heteroatoms. The number of carbonyl (C=O) groups excluding carboxylic acids is 2. The van der Waals surface area contributed by atoms with E-state index in [1.165, 1.54) is 97.1 Å². The standard InChI is InChI=1S/C36H24Cl2N2O8S2/c37-25-15-19-29(20-16-25)49(43,44)39(35(41)47-27-9-3-1-4-10-27)33-23-24-34(32-14-8-7-13-31(32)33)40(36(42)48-28-11-5-2-6-12-28)50(45,46)30-21-17-26(38)18-22-30/h1-24H. The lowest BCUT2D eigenvalue weighted by Gasteiger charge is -2.27. The summed E-state index contributed by atoms with van der Waals surface area (Å²) in [5, 5.41) is 0.691. The Bertz CT molecular complexity index is 2240. The van der Waals surface area contributed by atoms with Gasteiger partial charge in [-0.15, -0.1) is 0 Å². The zero-order valence-corrected chi connectivity index (χ0v) is 28.7. The molecule has 0 spiro atoms. The number of hydrogen-bond donors (Lipinski definition) is 0. The highest BCUT2D eigenvalue weighted by atomic mass is 35.5. The van der Waals surface area contributed by atoms with Crippen molar-refractivity contribution in [2.45, 2.75) is 9.79 Å². The molecule has 0 saturated heterocycles. The summed E-state index contributed by atoms with van der Waals surface area (Å²) in [7, 11) is -9.37. The average molecular weight is 748 g/mol. The first kappa shape index (κ1) is 34.5. The van der Waals surface area contributed by atoms with Gasteiger partial charge in [0.15, 0.2) is 0 Å². The Morgan fingerprint density at radius 1 is 0.440 bits per heavy atom. The Hall–Kier alpha value is -5.40. The molecule has 0 aliphatic carbocycles. The predicted octanol–water partition coefficient (Wildman–Crippen LogP) is 8.94. The van der Waals surface area contributed by atoms with Crippen LogP contribution in [0.4, 0.5) is 21.0 Å². The van der Waals surface area contributed by atoms with Crippen LogP contribution in [0.15, 0.2) is 155 Å². The number of sulfonamides is 2. The van der Waals surface area contributed by atoms with Gasteiger partial charge in [0.25, 0.3) is 20.0 Å². The largest absolute Gasteiger partial charge is 0.434 e. The van der Waals surface area contributed by atoms with Gasteiger partial charge in [-0.3, -0.25) is 0 Å². The molecule has 0 radical (unpaired) electrons. The molecule has 6 aromatic rings. The zero-order chi connectivity index (χ0) is 35.5. The van der Waals surface area contributed by atoms with Gasteiger partial charge in [0.05, 0.1) is 21.2 Å². The zero-order valence-electron chi connectivity index (χ0n) is 25.6. The van der Waals surface area contributed by atoms with Crippen LogP contribution in [-0.2, 0) is 20.0 Å². The van der Waals surface area contributed by atoms with Gasteiger partial charge in [-0.05, 0) is 84.9 Å². The molecule has 0 unspecified atom stereocenters. The molecule has 2 amide bonds. The number of halogens is 2. The minimum atomic E-state index is -4.68. The quantitative estimate of drug-likeness (QED) is 0.151. The van der Waals surface area contributed by atoms with E-state index in [4.69, 9.17) is 32.7 Å². The van der Waals surface area contributed by atoms with Crippen LogP contribution in [0.25, 0.3) is 10.8 Å². The summed E-state index contributed by atoms with van der Waals surface area (Å²) in [4.78, 5) is 27.1. The Morgan fingerprint density at radius 2 is 0.760 bits per heavy atom. The van der Waals surface area contributed by atoms with Crippen molar-refractivity contribution in [3.8, 4) is 11.5 Å². The van der Waals surface area contributed by atoms with E-state index >= 15 is 0 Å². The van der Waals surface area contributed by atoms with Gasteiger partial charge >= 0.3 is 12.2 Å². The Balaban J connectivity index is 1.56. The van der Waals surface area contributed by atoms with E-state index in [2.05, 4.69) is 0 Å². The molecule has 50 heavy (non-hydrogen) atoms. The minimum Gasteiger partial charge on any atom is -0.409 e. The van der Waals surface area contributed by atoms with Crippen molar-refractivity contribution >= 4 is 77.6 Å². The van der Waals surface area contributed by atoms with E-state index in [1.807, 2.05) is 0 Å². The number of ether oxygens (including phenoxy) is 2. The molecular weight excluding hydrogens is 723 g/mol. The molecule has 0 heterocycles. The first-order chi connectivity index (χ1) is 24.0. The predicted molar refractivity (Wildman–Crippen MR) is 191 cm³/mol. The van der Waals surface area contributed by atoms with E-state index < -0.39 is 32.2 Å². The highest BCUT2D eigenvalue weighted by Gasteiger charge is 2.38. The summed E-state index contributed by atoms with van der Waals surface area (Å²) in [6.45, 7) is 0. The minimum absolute atomic E-state index is 0.0682. The van der Waals surface area contributed by atoms with E-state index in [0.717, 1.165) is 0 Å². The van der Waals surface area contributed by atoms with Crippen molar-refractivity contribution in [2.24, 2.45) is 0 Å². The summed E-state index contributed by atoms with van der Waals surface area (Å²) in [6.07, 6.45) is -2.56. The third kappa shape index (κ3) is 7.00. The first-order valence-corrected chi connectivity index (χ1v) is 18.3. The summed E-state index contributed by atoms with van der Waals surface area (Å²) in [5.41, 5.74) is -0.388. The van der Waals surface area contributed by atoms with Gasteiger partial charge in [-0.25, -0.2) is 26.4 Å². The summed E-state index contributed by atoms with van der Waals surface area (Å²) in [6, 6.07) is 34.6. The van der Waals surface area contributed by atoms with Crippen molar-refractivity contribution in [1.82, 2.24) is 0 Å². The highest BCUT2D eigenvalue weighted by Crippen LogP contribution is 2.39. The topological polar surface area (TPSA) is 127 Å². The fourth-order valence-electron chi connectivity index (χ4n) is 4.96. The molecule has 0 bridgehead atoms. The van der Waals surface area contributed by atoms with Crippen LogP contribution in [0.2, 0.25) is 10.0 Å². The van der Waals surface area contributed by atoms with Crippen LogP contribution < -0.4 is 18.1 Å². The van der Waals surface area contributed by atoms with Crippen LogP contribution in [0.5, 0.6) is 11.5 Å². The number of para-hydroxylation sites is 2. The van der Waals surface area contributed by atoms with Crippen LogP contribution in [0.3, 0.4) is 0 Å². The van der Waals surface area contributed by atoms with Gasteiger partial charge in [-0.2, -0.15) is 8.61 Å². The number of nitrogens with zero attached hydrogens (tertiary/aromatic N) is 2. The van der Waals surface area contributed by atoms with E-state index in [9.17, 15) is 26.4 Å². The monoisotopic (exact) mass is 746 g/mol. The Labute approximate surface area is 297 Å². The van der Waals surface area contributed by atoms with Crippen LogP contribution >= 0.6 is 23.2 Å². The third-order valence-electron chi connectivity index (χ3n) is 7.25. The fraction of sp³-hybridized carbons (Fsp3) is 0. The normalized spacial score (nSPS) is 11.5. The summed E-state index contributed by atoms with van der Waals surface area (Å²) < 4.78 is 68.8. The molecule has 6 rings (SSSR count). The molecule has 6 aromatic carbocycles. The SMILES string of the molecule is O=C(Oc1ccccc1)N(c1ccc(N(C(=O)Oc2ccccc2)S(=O)(=O)c2ccc(Cl)cc2)c2ccccc12)S(=O)(=O)c1ccc(Cl)cc1. The molecule has 0 N–H and O–H groups in total. The average Bonchev–Trinajstić information content (AvgIpc) is 3.10. The number of amides is 2. The highest BCUT2D eigenvalue weighted by molar-refractivity contribution is 7.94. The molecule has 252 valence electrons. The van der Waals surface area contributed by atoms with Crippen molar-refractivity contribution in [3.05, 3.63) is 156 Å². The van der Waals surface area contributed by atoms with Crippen LogP contribution in [0.1, 0.15) is 0 Å². The number of carbonyl (C=O) groups is 2. The second kappa shape index (κ2) is 14.2. The van der Waals surface area contributed by atoms with Crippen molar-refractivity contribution in [2.75, 3.05) is 8.61 Å².